The first kappa shape index (κ1) is 9.98. The molecule has 0 unspecified atom stereocenters. The van der Waals surface area contributed by atoms with Gasteiger partial charge < -0.3 is 9.51 Å². The summed E-state index contributed by atoms with van der Waals surface area (Å²) in [6.45, 7) is 0. The van der Waals surface area contributed by atoms with Crippen molar-refractivity contribution < 1.29 is 9.90 Å². The molecule has 15 heavy (non-hydrogen) atoms. The first-order valence-corrected chi connectivity index (χ1v) is 4.88. The maximum absolute atomic E-state index is 10.4. The lowest BCUT2D eigenvalue weighted by Crippen LogP contribution is -1.99. The Labute approximate surface area is 91.1 Å². The molecule has 0 aliphatic heterocycles. The van der Waals surface area contributed by atoms with E-state index in [9.17, 15) is 4.79 Å². The third kappa shape index (κ3) is 1.94. The van der Waals surface area contributed by atoms with Gasteiger partial charge in [-0.2, -0.15) is 0 Å². The van der Waals surface area contributed by atoms with Crippen LogP contribution in [0.25, 0.3) is 5.65 Å². The van der Waals surface area contributed by atoms with Gasteiger partial charge in [0.05, 0.1) is 11.4 Å². The van der Waals surface area contributed by atoms with Crippen molar-refractivity contribution in [3.63, 3.8) is 0 Å². The lowest BCUT2D eigenvalue weighted by Gasteiger charge is -1.99. The van der Waals surface area contributed by atoms with Gasteiger partial charge in [-0.25, -0.2) is 4.98 Å². The number of carboxylic acids is 1. The van der Waals surface area contributed by atoms with Crippen LogP contribution in [0.2, 0.25) is 5.02 Å². The number of hydrogen-bond acceptors (Lipinski definition) is 2. The number of hydrogen-bond donors (Lipinski definition) is 1. The van der Waals surface area contributed by atoms with E-state index in [1.807, 2.05) is 10.6 Å². The molecular weight excluding hydrogens is 216 g/mol. The van der Waals surface area contributed by atoms with Crippen molar-refractivity contribution >= 4 is 23.2 Å². The zero-order valence-electron chi connectivity index (χ0n) is 7.85. The van der Waals surface area contributed by atoms with E-state index < -0.39 is 5.97 Å². The van der Waals surface area contributed by atoms with Gasteiger partial charge in [0, 0.05) is 24.5 Å². The van der Waals surface area contributed by atoms with Gasteiger partial charge in [-0.05, 0) is 12.1 Å². The van der Waals surface area contributed by atoms with Gasteiger partial charge in [-0.3, -0.25) is 4.79 Å². The van der Waals surface area contributed by atoms with Crippen molar-refractivity contribution in [1.29, 1.82) is 0 Å². The number of aryl methyl sites for hydroxylation is 1. The monoisotopic (exact) mass is 224 g/mol. The largest absolute Gasteiger partial charge is 0.481 e. The molecular formula is C10H9ClN2O2. The molecule has 5 heteroatoms. The lowest BCUT2D eigenvalue weighted by molar-refractivity contribution is -0.136. The van der Waals surface area contributed by atoms with Gasteiger partial charge in [0.1, 0.15) is 0 Å². The molecule has 78 valence electrons. The smallest absolute Gasteiger partial charge is 0.303 e. The van der Waals surface area contributed by atoms with Crippen molar-refractivity contribution in [2.24, 2.45) is 0 Å². The Morgan fingerprint density at radius 2 is 2.40 bits per heavy atom. The van der Waals surface area contributed by atoms with Crippen LogP contribution in [-0.2, 0) is 11.2 Å². The SMILES string of the molecule is O=C(O)CCc1cnc2c(Cl)cccn12. The zero-order chi connectivity index (χ0) is 10.8. The Balaban J connectivity index is 2.37. The molecule has 0 spiro atoms. The number of carbonyl (C=O) groups is 1. The van der Waals surface area contributed by atoms with E-state index in [0.29, 0.717) is 17.1 Å². The van der Waals surface area contributed by atoms with Crippen LogP contribution in [0.4, 0.5) is 0 Å². The number of aliphatic carboxylic acids is 1. The quantitative estimate of drug-likeness (QED) is 0.868. The van der Waals surface area contributed by atoms with Crippen molar-refractivity contribution in [2.75, 3.05) is 0 Å². The number of aromatic nitrogens is 2. The number of pyridine rings is 1. The van der Waals surface area contributed by atoms with Crippen LogP contribution in [0.3, 0.4) is 0 Å². The summed E-state index contributed by atoms with van der Waals surface area (Å²) in [5.74, 6) is -0.813. The minimum atomic E-state index is -0.813. The molecule has 4 nitrogen and oxygen atoms in total. The second-order valence-corrected chi connectivity index (χ2v) is 3.60. The number of fused-ring (bicyclic) bond motifs is 1. The molecule has 0 amide bonds. The van der Waals surface area contributed by atoms with Crippen LogP contribution in [0, 0.1) is 0 Å². The Morgan fingerprint density at radius 1 is 1.60 bits per heavy atom. The van der Waals surface area contributed by atoms with E-state index in [4.69, 9.17) is 16.7 Å². The highest BCUT2D eigenvalue weighted by molar-refractivity contribution is 6.33. The maximum atomic E-state index is 10.4. The van der Waals surface area contributed by atoms with Gasteiger partial charge in [0.2, 0.25) is 0 Å². The molecule has 0 aliphatic carbocycles. The summed E-state index contributed by atoms with van der Waals surface area (Å²) >= 11 is 5.93. The Bertz CT molecular complexity index is 507. The van der Waals surface area contributed by atoms with Crippen molar-refractivity contribution in [1.82, 2.24) is 9.38 Å². The summed E-state index contributed by atoms with van der Waals surface area (Å²) < 4.78 is 1.81. The van der Waals surface area contributed by atoms with Crippen LogP contribution >= 0.6 is 11.6 Å². The third-order valence-electron chi connectivity index (χ3n) is 2.16. The summed E-state index contributed by atoms with van der Waals surface area (Å²) in [7, 11) is 0. The summed E-state index contributed by atoms with van der Waals surface area (Å²) in [6.07, 6.45) is 4.03. The topological polar surface area (TPSA) is 54.6 Å². The number of carboxylic acid groups (broad SMARTS) is 1. The van der Waals surface area contributed by atoms with Crippen LogP contribution in [0.1, 0.15) is 12.1 Å². The predicted molar refractivity (Wildman–Crippen MR) is 56.2 cm³/mol. The molecule has 0 atom stereocenters. The number of rotatable bonds is 3. The average Bonchev–Trinajstić information content (AvgIpc) is 2.59. The number of imidazole rings is 1. The summed E-state index contributed by atoms with van der Waals surface area (Å²) in [5, 5.41) is 9.15. The fourth-order valence-electron chi connectivity index (χ4n) is 1.45. The van der Waals surface area contributed by atoms with Crippen LogP contribution in [0.5, 0.6) is 0 Å². The molecule has 0 bridgehead atoms. The van der Waals surface area contributed by atoms with E-state index in [-0.39, 0.29) is 6.42 Å². The number of nitrogens with zero attached hydrogens (tertiary/aromatic N) is 2. The van der Waals surface area contributed by atoms with Gasteiger partial charge in [-0.15, -0.1) is 0 Å². The molecule has 2 heterocycles. The van der Waals surface area contributed by atoms with Crippen LogP contribution < -0.4 is 0 Å². The fourth-order valence-corrected chi connectivity index (χ4v) is 1.66. The number of halogens is 1. The normalized spacial score (nSPS) is 10.7. The fraction of sp³-hybridized carbons (Fsp3) is 0.200. The highest BCUT2D eigenvalue weighted by Crippen LogP contribution is 2.17. The van der Waals surface area contributed by atoms with E-state index in [1.54, 1.807) is 18.3 Å². The van der Waals surface area contributed by atoms with Gasteiger partial charge in [-0.1, -0.05) is 11.6 Å². The molecule has 2 aromatic heterocycles. The minimum Gasteiger partial charge on any atom is -0.481 e. The van der Waals surface area contributed by atoms with E-state index in [0.717, 1.165) is 5.69 Å². The molecule has 2 rings (SSSR count). The standard InChI is InChI=1S/C10H9ClN2O2/c11-8-2-1-5-13-7(3-4-9(14)15)6-12-10(8)13/h1-2,5-6H,3-4H2,(H,14,15). The van der Waals surface area contributed by atoms with Gasteiger partial charge >= 0.3 is 5.97 Å². The highest BCUT2D eigenvalue weighted by atomic mass is 35.5. The second kappa shape index (κ2) is 3.90. The molecule has 2 aromatic rings. The first-order chi connectivity index (χ1) is 7.18. The van der Waals surface area contributed by atoms with Gasteiger partial charge in [0.25, 0.3) is 0 Å². The Morgan fingerprint density at radius 3 is 3.13 bits per heavy atom. The van der Waals surface area contributed by atoms with Crippen molar-refractivity contribution in [3.8, 4) is 0 Å². The van der Waals surface area contributed by atoms with Gasteiger partial charge in [0.15, 0.2) is 5.65 Å². The van der Waals surface area contributed by atoms with Crippen molar-refractivity contribution in [2.45, 2.75) is 12.8 Å². The molecule has 0 aliphatic rings. The molecule has 0 saturated carbocycles. The van der Waals surface area contributed by atoms with E-state index in [2.05, 4.69) is 4.98 Å². The zero-order valence-corrected chi connectivity index (χ0v) is 8.61. The molecule has 1 N–H and O–H groups in total. The van der Waals surface area contributed by atoms with Crippen LogP contribution in [0.15, 0.2) is 24.5 Å². The third-order valence-corrected chi connectivity index (χ3v) is 2.45. The van der Waals surface area contributed by atoms with E-state index in [1.165, 1.54) is 0 Å². The summed E-state index contributed by atoms with van der Waals surface area (Å²) in [5.41, 5.74) is 1.52. The maximum Gasteiger partial charge on any atom is 0.303 e. The Kier molecular flexibility index (Phi) is 2.60. The average molecular weight is 225 g/mol. The Hall–Kier alpha value is -1.55. The molecule has 0 saturated heterocycles. The first-order valence-electron chi connectivity index (χ1n) is 4.51. The summed E-state index contributed by atoms with van der Waals surface area (Å²) in [6, 6.07) is 3.56. The molecule has 0 aromatic carbocycles. The van der Waals surface area contributed by atoms with Crippen LogP contribution in [-0.4, -0.2) is 20.5 Å². The molecule has 0 radical (unpaired) electrons. The predicted octanol–water partition coefficient (Wildman–Crippen LogP) is 2.00. The highest BCUT2D eigenvalue weighted by Gasteiger charge is 2.07. The minimum absolute atomic E-state index is 0.0975. The van der Waals surface area contributed by atoms with E-state index >= 15 is 0 Å². The lowest BCUT2D eigenvalue weighted by atomic mass is 10.2. The molecule has 0 fully saturated rings. The summed E-state index contributed by atoms with van der Waals surface area (Å²) in [4.78, 5) is 14.6. The van der Waals surface area contributed by atoms with Crippen molar-refractivity contribution in [3.05, 3.63) is 35.2 Å². The second-order valence-electron chi connectivity index (χ2n) is 3.19.